The summed E-state index contributed by atoms with van der Waals surface area (Å²) in [7, 11) is -0.984. The molecule has 1 amide bonds. The Balaban J connectivity index is 1.57. The molecule has 1 N–H and O–H groups in total. The number of ether oxygens (including phenoxy) is 1. The maximum Gasteiger partial charge on any atom is 0.246 e. The van der Waals surface area contributed by atoms with E-state index in [2.05, 4.69) is 15.5 Å². The number of likely N-dealkylation sites (N-methyl/N-ethyl adjacent to an activating group) is 1. The highest BCUT2D eigenvalue weighted by Crippen LogP contribution is 2.19. The van der Waals surface area contributed by atoms with Crippen molar-refractivity contribution >= 4 is 15.9 Å². The van der Waals surface area contributed by atoms with Crippen LogP contribution in [0.4, 0.5) is 0 Å². The Labute approximate surface area is 174 Å². The van der Waals surface area contributed by atoms with Gasteiger partial charge in [-0.1, -0.05) is 35.0 Å². The van der Waals surface area contributed by atoms with E-state index in [-0.39, 0.29) is 23.9 Å². The fourth-order valence-electron chi connectivity index (χ4n) is 2.59. The molecule has 10 heteroatoms. The molecule has 0 unspecified atom stereocenters. The van der Waals surface area contributed by atoms with Crippen molar-refractivity contribution in [1.82, 2.24) is 19.8 Å². The van der Waals surface area contributed by atoms with E-state index in [0.29, 0.717) is 11.6 Å². The number of aromatic nitrogens is 2. The number of hydrogen-bond donors (Lipinski definition) is 1. The molecule has 0 aliphatic heterocycles. The van der Waals surface area contributed by atoms with Crippen LogP contribution < -0.4 is 10.1 Å². The molecule has 9 nitrogen and oxygen atoms in total. The molecule has 0 saturated carbocycles. The van der Waals surface area contributed by atoms with Crippen molar-refractivity contribution in [1.29, 1.82) is 0 Å². The summed E-state index contributed by atoms with van der Waals surface area (Å²) in [5.41, 5.74) is 1.91. The number of sulfonamides is 1. The van der Waals surface area contributed by atoms with Crippen LogP contribution in [0.15, 0.2) is 57.9 Å². The molecule has 3 rings (SSSR count). The number of benzene rings is 2. The largest absolute Gasteiger partial charge is 0.497 e. The Morgan fingerprint density at radius 3 is 2.43 bits per heavy atom. The van der Waals surface area contributed by atoms with Crippen LogP contribution in [0.5, 0.6) is 5.75 Å². The predicted molar refractivity (Wildman–Crippen MR) is 109 cm³/mol. The second-order valence-electron chi connectivity index (χ2n) is 6.59. The molecule has 0 radical (unpaired) electrons. The Morgan fingerprint density at radius 2 is 1.80 bits per heavy atom. The van der Waals surface area contributed by atoms with Crippen LogP contribution in [0.25, 0.3) is 11.4 Å². The quantitative estimate of drug-likeness (QED) is 0.581. The predicted octanol–water partition coefficient (Wildman–Crippen LogP) is 1.99. The highest BCUT2D eigenvalue weighted by Gasteiger charge is 2.23. The topological polar surface area (TPSA) is 115 Å². The number of hydrogen-bond acceptors (Lipinski definition) is 7. The summed E-state index contributed by atoms with van der Waals surface area (Å²) < 4.78 is 36.3. The van der Waals surface area contributed by atoms with E-state index in [4.69, 9.17) is 9.26 Å². The third-order valence-corrected chi connectivity index (χ3v) is 6.17. The van der Waals surface area contributed by atoms with E-state index < -0.39 is 15.9 Å². The minimum Gasteiger partial charge on any atom is -0.497 e. The van der Waals surface area contributed by atoms with Crippen LogP contribution in [0, 0.1) is 6.92 Å². The van der Waals surface area contributed by atoms with Gasteiger partial charge in [-0.25, -0.2) is 8.42 Å². The molecule has 0 atom stereocenters. The van der Waals surface area contributed by atoms with Crippen LogP contribution in [-0.2, 0) is 21.4 Å². The first-order chi connectivity index (χ1) is 14.3. The standard InChI is InChI=1S/C20H22N4O5S/c1-14-4-6-15(7-5-14)20-22-19(29-23-20)12-21-18(25)13-24(2)30(26,27)17-10-8-16(28-3)9-11-17/h4-11H,12-13H2,1-3H3,(H,21,25). The first-order valence-electron chi connectivity index (χ1n) is 9.06. The third-order valence-electron chi connectivity index (χ3n) is 4.35. The van der Waals surface area contributed by atoms with Gasteiger partial charge in [0.05, 0.1) is 25.1 Å². The van der Waals surface area contributed by atoms with Gasteiger partial charge in [0.15, 0.2) is 0 Å². The van der Waals surface area contributed by atoms with Gasteiger partial charge in [-0.15, -0.1) is 0 Å². The number of aryl methyl sites for hydroxylation is 1. The minimum absolute atomic E-state index is 0.00584. The average Bonchev–Trinajstić information content (AvgIpc) is 3.22. The van der Waals surface area contributed by atoms with Gasteiger partial charge in [0.2, 0.25) is 27.6 Å². The molecule has 0 aliphatic rings. The fraction of sp³-hybridized carbons (Fsp3) is 0.250. The van der Waals surface area contributed by atoms with Crippen molar-refractivity contribution in [2.75, 3.05) is 20.7 Å². The van der Waals surface area contributed by atoms with E-state index in [1.54, 1.807) is 12.1 Å². The lowest BCUT2D eigenvalue weighted by Gasteiger charge is -2.16. The van der Waals surface area contributed by atoms with Crippen molar-refractivity contribution in [3.05, 3.63) is 60.0 Å². The number of amides is 1. The summed E-state index contributed by atoms with van der Waals surface area (Å²) in [6, 6.07) is 13.6. The van der Waals surface area contributed by atoms with Crippen LogP contribution in [0.3, 0.4) is 0 Å². The number of nitrogens with zero attached hydrogens (tertiary/aromatic N) is 3. The molecular formula is C20H22N4O5S. The Hall–Kier alpha value is -3.24. The van der Waals surface area contributed by atoms with Crippen LogP contribution in [0.2, 0.25) is 0 Å². The molecule has 0 bridgehead atoms. The Kier molecular flexibility index (Phi) is 6.48. The monoisotopic (exact) mass is 430 g/mol. The smallest absolute Gasteiger partial charge is 0.246 e. The molecule has 0 spiro atoms. The number of rotatable bonds is 8. The van der Waals surface area contributed by atoms with Gasteiger partial charge < -0.3 is 14.6 Å². The molecule has 2 aromatic carbocycles. The Morgan fingerprint density at radius 1 is 1.13 bits per heavy atom. The van der Waals surface area contributed by atoms with Gasteiger partial charge in [0.1, 0.15) is 5.75 Å². The van der Waals surface area contributed by atoms with E-state index in [1.165, 1.54) is 26.3 Å². The summed E-state index contributed by atoms with van der Waals surface area (Å²) in [6.07, 6.45) is 0. The number of carbonyl (C=O) groups excluding carboxylic acids is 1. The molecule has 0 fully saturated rings. The van der Waals surface area contributed by atoms with Gasteiger partial charge in [0, 0.05) is 12.6 Å². The Bertz CT molecular complexity index is 1110. The zero-order valence-electron chi connectivity index (χ0n) is 16.8. The van der Waals surface area contributed by atoms with Crippen molar-refractivity contribution < 1.29 is 22.5 Å². The van der Waals surface area contributed by atoms with Crippen molar-refractivity contribution in [3.63, 3.8) is 0 Å². The lowest BCUT2D eigenvalue weighted by Crippen LogP contribution is -2.38. The average molecular weight is 430 g/mol. The van der Waals surface area contributed by atoms with Crippen LogP contribution >= 0.6 is 0 Å². The molecule has 1 heterocycles. The van der Waals surface area contributed by atoms with Gasteiger partial charge in [-0.2, -0.15) is 9.29 Å². The zero-order chi connectivity index (χ0) is 21.7. The van der Waals surface area contributed by atoms with Crippen LogP contribution in [-0.4, -0.2) is 49.5 Å². The number of nitrogens with one attached hydrogen (secondary N) is 1. The molecule has 30 heavy (non-hydrogen) atoms. The summed E-state index contributed by atoms with van der Waals surface area (Å²) in [5.74, 6) is 0.682. The van der Waals surface area contributed by atoms with Crippen molar-refractivity contribution in [3.8, 4) is 17.1 Å². The maximum absolute atomic E-state index is 12.6. The first kappa shape index (κ1) is 21.5. The van der Waals surface area contributed by atoms with Crippen LogP contribution in [0.1, 0.15) is 11.5 Å². The van der Waals surface area contributed by atoms with E-state index in [0.717, 1.165) is 15.4 Å². The van der Waals surface area contributed by atoms with Gasteiger partial charge >= 0.3 is 0 Å². The van der Waals surface area contributed by atoms with E-state index in [9.17, 15) is 13.2 Å². The molecule has 158 valence electrons. The van der Waals surface area contributed by atoms with E-state index >= 15 is 0 Å². The van der Waals surface area contributed by atoms with Gasteiger partial charge in [0.25, 0.3) is 0 Å². The van der Waals surface area contributed by atoms with Gasteiger partial charge in [-0.05, 0) is 31.2 Å². The van der Waals surface area contributed by atoms with E-state index in [1.807, 2.05) is 31.2 Å². The highest BCUT2D eigenvalue weighted by molar-refractivity contribution is 7.89. The SMILES string of the molecule is COc1ccc(S(=O)(=O)N(C)CC(=O)NCc2nc(-c3ccc(C)cc3)no2)cc1. The lowest BCUT2D eigenvalue weighted by atomic mass is 10.1. The second-order valence-corrected chi connectivity index (χ2v) is 8.64. The number of methoxy groups -OCH3 is 1. The number of carbonyl (C=O) groups is 1. The second kappa shape index (κ2) is 9.06. The highest BCUT2D eigenvalue weighted by atomic mass is 32.2. The summed E-state index contributed by atoms with van der Waals surface area (Å²) >= 11 is 0. The molecule has 0 saturated heterocycles. The lowest BCUT2D eigenvalue weighted by molar-refractivity contribution is -0.121. The normalized spacial score (nSPS) is 11.5. The first-order valence-corrected chi connectivity index (χ1v) is 10.5. The molecular weight excluding hydrogens is 408 g/mol. The molecule has 0 aliphatic carbocycles. The van der Waals surface area contributed by atoms with Gasteiger partial charge in [-0.3, -0.25) is 4.79 Å². The fourth-order valence-corrected chi connectivity index (χ4v) is 3.72. The molecule has 1 aromatic heterocycles. The summed E-state index contributed by atoms with van der Waals surface area (Å²) in [4.78, 5) is 16.5. The maximum atomic E-state index is 12.6. The third kappa shape index (κ3) is 5.02. The van der Waals surface area contributed by atoms with Crippen molar-refractivity contribution in [2.24, 2.45) is 0 Å². The zero-order valence-corrected chi connectivity index (χ0v) is 17.6. The molecule has 3 aromatic rings. The summed E-state index contributed by atoms with van der Waals surface area (Å²) in [6.45, 7) is 1.62. The summed E-state index contributed by atoms with van der Waals surface area (Å²) in [5, 5.41) is 6.48. The van der Waals surface area contributed by atoms with Crippen molar-refractivity contribution in [2.45, 2.75) is 18.4 Å². The minimum atomic E-state index is -3.81.